The number of benzene rings is 4. The van der Waals surface area contributed by atoms with Crippen LogP contribution in [0.1, 0.15) is 51.7 Å². The van der Waals surface area contributed by atoms with Gasteiger partial charge in [0, 0.05) is 16.7 Å². The smallest absolute Gasteiger partial charge is 0.454 e. The lowest BCUT2D eigenvalue weighted by Crippen LogP contribution is -2.41. The highest BCUT2D eigenvalue weighted by Gasteiger charge is 2.51. The second kappa shape index (κ2) is 7.73. The van der Waals surface area contributed by atoms with E-state index in [1.807, 2.05) is 0 Å². The van der Waals surface area contributed by atoms with Gasteiger partial charge in [0.05, 0.1) is 28.3 Å². The topological polar surface area (TPSA) is 34.8 Å². The number of fused-ring (bicyclic) bond motifs is 5. The Morgan fingerprint density at radius 3 is 1.92 bits per heavy atom. The standard InChI is InChI=1S/C32H30BNO3/c1-20-22-11-6-8-14-26(22)34(27-15-9-7-12-23(20)27)28-16-10-13-25-24-18-17-21(19-29(24)35-30(25)28)33-36-31(2,3)32(4,5)37-33/h6-20H,1-5H3. The van der Waals surface area contributed by atoms with Crippen LogP contribution >= 0.6 is 0 Å². The third kappa shape index (κ3) is 3.24. The van der Waals surface area contributed by atoms with Crippen LogP contribution in [0.2, 0.25) is 0 Å². The van der Waals surface area contributed by atoms with E-state index in [0.717, 1.165) is 33.1 Å². The molecule has 0 saturated carbocycles. The average molecular weight is 487 g/mol. The first-order valence-corrected chi connectivity index (χ1v) is 13.0. The van der Waals surface area contributed by atoms with Crippen LogP contribution in [0.5, 0.6) is 0 Å². The molecule has 4 aromatic carbocycles. The first-order chi connectivity index (χ1) is 17.7. The van der Waals surface area contributed by atoms with Crippen LogP contribution in [-0.2, 0) is 9.31 Å². The number of rotatable bonds is 2. The SMILES string of the molecule is CC1c2ccccc2N(c2cccc3c2oc2cc(B4OC(C)(C)C(C)(C)O4)ccc23)c2ccccc21. The highest BCUT2D eigenvalue weighted by atomic mass is 16.7. The molecule has 37 heavy (non-hydrogen) atoms. The Labute approximate surface area is 217 Å². The monoisotopic (exact) mass is 487 g/mol. The van der Waals surface area contributed by atoms with Gasteiger partial charge in [0.25, 0.3) is 0 Å². The zero-order valence-corrected chi connectivity index (χ0v) is 21.9. The lowest BCUT2D eigenvalue weighted by atomic mass is 9.79. The van der Waals surface area contributed by atoms with Crippen LogP contribution < -0.4 is 10.4 Å². The van der Waals surface area contributed by atoms with Gasteiger partial charge >= 0.3 is 7.12 Å². The minimum atomic E-state index is -0.426. The Morgan fingerprint density at radius 1 is 0.676 bits per heavy atom. The van der Waals surface area contributed by atoms with Crippen LogP contribution in [0.3, 0.4) is 0 Å². The molecule has 3 heterocycles. The summed E-state index contributed by atoms with van der Waals surface area (Å²) in [6, 6.07) is 30.1. The zero-order valence-electron chi connectivity index (χ0n) is 21.9. The summed E-state index contributed by atoms with van der Waals surface area (Å²) in [6.07, 6.45) is 0. The van der Waals surface area contributed by atoms with Crippen molar-refractivity contribution >= 4 is 51.6 Å². The second-order valence-corrected chi connectivity index (χ2v) is 11.3. The highest BCUT2D eigenvalue weighted by molar-refractivity contribution is 6.62. The van der Waals surface area contributed by atoms with Gasteiger partial charge in [-0.3, -0.25) is 0 Å². The van der Waals surface area contributed by atoms with Crippen molar-refractivity contribution in [3.05, 3.63) is 96.1 Å². The lowest BCUT2D eigenvalue weighted by molar-refractivity contribution is 0.00578. The summed E-state index contributed by atoms with van der Waals surface area (Å²) in [5.74, 6) is 0.320. The van der Waals surface area contributed by atoms with Crippen molar-refractivity contribution in [3.63, 3.8) is 0 Å². The third-order valence-corrected chi connectivity index (χ3v) is 8.56. The molecule has 1 saturated heterocycles. The van der Waals surface area contributed by atoms with Gasteiger partial charge in [-0.25, -0.2) is 0 Å². The summed E-state index contributed by atoms with van der Waals surface area (Å²) in [4.78, 5) is 2.35. The van der Waals surface area contributed by atoms with E-state index in [2.05, 4.69) is 124 Å². The molecule has 0 spiro atoms. The fourth-order valence-corrected chi connectivity index (χ4v) is 5.77. The van der Waals surface area contributed by atoms with Gasteiger partial charge in [-0.05, 0) is 68.6 Å². The molecule has 184 valence electrons. The molecule has 0 aliphatic carbocycles. The largest absolute Gasteiger partial charge is 0.494 e. The molecular formula is C32H30BNO3. The molecule has 1 fully saturated rings. The molecule has 0 bridgehead atoms. The molecular weight excluding hydrogens is 457 g/mol. The van der Waals surface area contributed by atoms with Crippen molar-refractivity contribution in [1.82, 2.24) is 0 Å². The maximum Gasteiger partial charge on any atom is 0.494 e. The fourth-order valence-electron chi connectivity index (χ4n) is 5.77. The minimum absolute atomic E-state index is 0.320. The van der Waals surface area contributed by atoms with Gasteiger partial charge in [0.1, 0.15) is 5.58 Å². The van der Waals surface area contributed by atoms with E-state index in [-0.39, 0.29) is 11.2 Å². The van der Waals surface area contributed by atoms with Crippen molar-refractivity contribution in [3.8, 4) is 0 Å². The van der Waals surface area contributed by atoms with Gasteiger partial charge in [0.2, 0.25) is 0 Å². The molecule has 0 atom stereocenters. The number of hydrogen-bond acceptors (Lipinski definition) is 4. The van der Waals surface area contributed by atoms with E-state index in [0.29, 0.717) is 5.92 Å². The number of hydrogen-bond donors (Lipinski definition) is 0. The fraction of sp³-hybridized carbons (Fsp3) is 0.250. The van der Waals surface area contributed by atoms with Gasteiger partial charge in [0.15, 0.2) is 5.58 Å². The average Bonchev–Trinajstić information content (AvgIpc) is 3.37. The van der Waals surface area contributed by atoms with Crippen LogP contribution in [0.4, 0.5) is 17.1 Å². The van der Waals surface area contributed by atoms with Crippen LogP contribution in [0.25, 0.3) is 21.9 Å². The molecule has 0 unspecified atom stereocenters. The number of para-hydroxylation sites is 3. The minimum Gasteiger partial charge on any atom is -0.454 e. The number of nitrogens with zero attached hydrogens (tertiary/aromatic N) is 1. The molecule has 2 aliphatic heterocycles. The summed E-state index contributed by atoms with van der Waals surface area (Å²) in [7, 11) is -0.426. The number of anilines is 3. The van der Waals surface area contributed by atoms with Crippen LogP contribution in [0, 0.1) is 0 Å². The molecule has 1 aromatic heterocycles. The molecule has 5 aromatic rings. The van der Waals surface area contributed by atoms with Crippen molar-refractivity contribution < 1.29 is 13.7 Å². The Hall–Kier alpha value is -3.54. The predicted molar refractivity (Wildman–Crippen MR) is 152 cm³/mol. The molecule has 0 N–H and O–H groups in total. The number of furan rings is 1. The Bertz CT molecular complexity index is 1620. The Morgan fingerprint density at radius 2 is 1.27 bits per heavy atom. The maximum absolute atomic E-state index is 6.65. The van der Waals surface area contributed by atoms with E-state index in [4.69, 9.17) is 13.7 Å². The summed E-state index contributed by atoms with van der Waals surface area (Å²) in [5, 5.41) is 2.19. The molecule has 0 radical (unpaired) electrons. The second-order valence-electron chi connectivity index (χ2n) is 11.3. The first-order valence-electron chi connectivity index (χ1n) is 13.0. The van der Waals surface area contributed by atoms with Gasteiger partial charge < -0.3 is 18.6 Å². The zero-order chi connectivity index (χ0) is 25.5. The summed E-state index contributed by atoms with van der Waals surface area (Å²) in [6.45, 7) is 10.6. The van der Waals surface area contributed by atoms with E-state index in [9.17, 15) is 0 Å². The summed E-state index contributed by atoms with van der Waals surface area (Å²) >= 11 is 0. The van der Waals surface area contributed by atoms with Gasteiger partial charge in [-0.2, -0.15) is 0 Å². The van der Waals surface area contributed by atoms with E-state index in [1.165, 1.54) is 22.5 Å². The van der Waals surface area contributed by atoms with Gasteiger partial charge in [-0.15, -0.1) is 0 Å². The molecule has 7 rings (SSSR count). The highest BCUT2D eigenvalue weighted by Crippen LogP contribution is 2.50. The summed E-state index contributed by atoms with van der Waals surface area (Å²) in [5.41, 5.74) is 7.96. The van der Waals surface area contributed by atoms with Crippen molar-refractivity contribution in [2.75, 3.05) is 4.90 Å². The normalized spacial score (nSPS) is 18.4. The van der Waals surface area contributed by atoms with Gasteiger partial charge in [-0.1, -0.05) is 67.6 Å². The molecule has 2 aliphatic rings. The lowest BCUT2D eigenvalue weighted by Gasteiger charge is -2.36. The van der Waals surface area contributed by atoms with Crippen molar-refractivity contribution in [2.24, 2.45) is 0 Å². The van der Waals surface area contributed by atoms with Crippen molar-refractivity contribution in [1.29, 1.82) is 0 Å². The Balaban J connectivity index is 1.40. The molecule has 5 heteroatoms. The molecule has 0 amide bonds. The van der Waals surface area contributed by atoms with Crippen LogP contribution in [0.15, 0.2) is 89.3 Å². The maximum atomic E-state index is 6.65. The first kappa shape index (κ1) is 22.6. The molecule has 4 nitrogen and oxygen atoms in total. The van der Waals surface area contributed by atoms with Crippen molar-refractivity contribution in [2.45, 2.75) is 51.7 Å². The summed E-state index contributed by atoms with van der Waals surface area (Å²) < 4.78 is 19.3. The Kier molecular flexibility index (Phi) is 4.73. The quantitative estimate of drug-likeness (QED) is 0.238. The predicted octanol–water partition coefficient (Wildman–Crippen LogP) is 7.82. The third-order valence-electron chi connectivity index (χ3n) is 8.56. The van der Waals surface area contributed by atoms with Crippen LogP contribution in [-0.4, -0.2) is 18.3 Å². The van der Waals surface area contributed by atoms with E-state index >= 15 is 0 Å². The van der Waals surface area contributed by atoms with E-state index < -0.39 is 7.12 Å². The van der Waals surface area contributed by atoms with E-state index in [1.54, 1.807) is 0 Å².